The highest BCUT2D eigenvalue weighted by Gasteiger charge is 2.25. The van der Waals surface area contributed by atoms with Crippen LogP contribution in [0, 0.1) is 0 Å². The van der Waals surface area contributed by atoms with Gasteiger partial charge in [0.25, 0.3) is 0 Å². The summed E-state index contributed by atoms with van der Waals surface area (Å²) in [6.45, 7) is 1.45. The summed E-state index contributed by atoms with van der Waals surface area (Å²) in [5.41, 5.74) is 2.15. The molecule has 1 aliphatic carbocycles. The van der Waals surface area contributed by atoms with Crippen LogP contribution in [-0.2, 0) is 11.4 Å². The molecule has 0 saturated heterocycles. The highest BCUT2D eigenvalue weighted by atomic mass is 16.6. The van der Waals surface area contributed by atoms with E-state index in [1.165, 1.54) is 25.7 Å². The highest BCUT2D eigenvalue weighted by Crippen LogP contribution is 2.32. The Balaban J connectivity index is 1.28. The van der Waals surface area contributed by atoms with Crippen molar-refractivity contribution in [2.45, 2.75) is 50.7 Å². The first-order chi connectivity index (χ1) is 12.3. The molecule has 2 heterocycles. The van der Waals surface area contributed by atoms with Crippen molar-refractivity contribution in [3.05, 3.63) is 47.6 Å². The van der Waals surface area contributed by atoms with E-state index < -0.39 is 0 Å². The van der Waals surface area contributed by atoms with Crippen LogP contribution in [0.25, 0.3) is 0 Å². The second-order valence-corrected chi connectivity index (χ2v) is 7.06. The fourth-order valence-corrected chi connectivity index (χ4v) is 3.65. The molecule has 2 aromatic rings. The zero-order valence-corrected chi connectivity index (χ0v) is 14.6. The number of oxime groups is 1. The fourth-order valence-electron chi connectivity index (χ4n) is 3.65. The van der Waals surface area contributed by atoms with Gasteiger partial charge in [0.05, 0.1) is 12.3 Å². The van der Waals surface area contributed by atoms with E-state index in [4.69, 9.17) is 9.36 Å². The lowest BCUT2D eigenvalue weighted by Gasteiger charge is -2.17. The van der Waals surface area contributed by atoms with Gasteiger partial charge in [0.2, 0.25) is 5.89 Å². The predicted octanol–water partition coefficient (Wildman–Crippen LogP) is 3.35. The minimum Gasteiger partial charge on any atom is -0.390 e. The summed E-state index contributed by atoms with van der Waals surface area (Å²) in [4.78, 5) is 12.3. The van der Waals surface area contributed by atoms with Crippen LogP contribution in [-0.4, -0.2) is 40.4 Å². The number of benzene rings is 1. The molecule has 0 radical (unpaired) electrons. The van der Waals surface area contributed by atoms with Crippen molar-refractivity contribution in [2.75, 3.05) is 13.6 Å². The summed E-state index contributed by atoms with van der Waals surface area (Å²) in [6, 6.07) is 10.2. The highest BCUT2D eigenvalue weighted by molar-refractivity contribution is 6.01. The van der Waals surface area contributed by atoms with E-state index in [1.807, 2.05) is 18.2 Å². The molecule has 1 saturated carbocycles. The number of hydrogen-bond donors (Lipinski definition) is 0. The molecule has 132 valence electrons. The molecule has 1 fully saturated rings. The molecule has 1 aliphatic heterocycles. The van der Waals surface area contributed by atoms with Crippen LogP contribution in [0.1, 0.15) is 55.3 Å². The quantitative estimate of drug-likeness (QED) is 0.807. The third kappa shape index (κ3) is 3.90. The monoisotopic (exact) mass is 340 g/mol. The molecule has 25 heavy (non-hydrogen) atoms. The van der Waals surface area contributed by atoms with Gasteiger partial charge in [-0.3, -0.25) is 4.90 Å². The first-order valence-corrected chi connectivity index (χ1v) is 9.07. The van der Waals surface area contributed by atoms with Crippen molar-refractivity contribution in [2.24, 2.45) is 5.16 Å². The molecule has 0 N–H and O–H groups in total. The van der Waals surface area contributed by atoms with Crippen molar-refractivity contribution >= 4 is 5.71 Å². The van der Waals surface area contributed by atoms with E-state index in [2.05, 4.69) is 39.4 Å². The van der Waals surface area contributed by atoms with Crippen LogP contribution in [0.15, 0.2) is 40.0 Å². The molecule has 4 rings (SSSR count). The van der Waals surface area contributed by atoms with E-state index in [1.54, 1.807) is 0 Å². The minimum absolute atomic E-state index is 0.0707. The van der Waals surface area contributed by atoms with Gasteiger partial charge in [-0.15, -0.1) is 0 Å². The molecular weight excluding hydrogens is 316 g/mol. The Bertz CT molecular complexity index is 722. The van der Waals surface area contributed by atoms with E-state index in [0.717, 1.165) is 36.0 Å². The molecule has 0 spiro atoms. The maximum Gasteiger partial charge on any atom is 0.229 e. The summed E-state index contributed by atoms with van der Waals surface area (Å²) in [5, 5.41) is 8.38. The maximum absolute atomic E-state index is 5.60. The molecule has 0 unspecified atom stereocenters. The number of nitrogens with zero attached hydrogens (tertiary/aromatic N) is 4. The van der Waals surface area contributed by atoms with Gasteiger partial charge in [0.15, 0.2) is 5.82 Å². The second kappa shape index (κ2) is 7.35. The first kappa shape index (κ1) is 16.3. The average Bonchev–Trinajstić information content (AvgIpc) is 3.37. The standard InChI is InChI=1S/C19H24N4O2/c1-23(13-18-20-19(25-22-18)15-9-5-6-10-15)12-16-11-17(21-24-16)14-7-3-2-4-8-14/h2-4,7-8,15-16H,5-6,9-13H2,1H3/t16-/m1/s1. The van der Waals surface area contributed by atoms with Gasteiger partial charge >= 0.3 is 0 Å². The topological polar surface area (TPSA) is 63.8 Å². The lowest BCUT2D eigenvalue weighted by atomic mass is 10.1. The summed E-state index contributed by atoms with van der Waals surface area (Å²) in [5.74, 6) is 2.03. The van der Waals surface area contributed by atoms with Gasteiger partial charge in [0.1, 0.15) is 6.10 Å². The lowest BCUT2D eigenvalue weighted by molar-refractivity contribution is 0.0569. The molecule has 1 aromatic heterocycles. The molecular formula is C19H24N4O2. The smallest absolute Gasteiger partial charge is 0.229 e. The number of hydrogen-bond acceptors (Lipinski definition) is 6. The van der Waals surface area contributed by atoms with Crippen LogP contribution in [0.5, 0.6) is 0 Å². The predicted molar refractivity (Wildman–Crippen MR) is 94.3 cm³/mol. The van der Waals surface area contributed by atoms with Crippen LogP contribution >= 0.6 is 0 Å². The Morgan fingerprint density at radius 3 is 2.76 bits per heavy atom. The maximum atomic E-state index is 5.60. The molecule has 2 aliphatic rings. The van der Waals surface area contributed by atoms with Crippen molar-refractivity contribution in [3.8, 4) is 0 Å². The van der Waals surface area contributed by atoms with Crippen LogP contribution in [0.2, 0.25) is 0 Å². The fraction of sp³-hybridized carbons (Fsp3) is 0.526. The van der Waals surface area contributed by atoms with Gasteiger partial charge in [-0.2, -0.15) is 4.98 Å². The molecule has 0 amide bonds. The third-order valence-electron chi connectivity index (χ3n) is 4.95. The zero-order valence-electron chi connectivity index (χ0n) is 14.6. The van der Waals surface area contributed by atoms with Crippen LogP contribution < -0.4 is 0 Å². The molecule has 1 atom stereocenters. The lowest BCUT2D eigenvalue weighted by Crippen LogP contribution is -2.29. The van der Waals surface area contributed by atoms with Gasteiger partial charge in [-0.25, -0.2) is 0 Å². The molecule has 1 aromatic carbocycles. The second-order valence-electron chi connectivity index (χ2n) is 7.06. The van der Waals surface area contributed by atoms with Gasteiger partial charge in [0, 0.05) is 18.9 Å². The van der Waals surface area contributed by atoms with Gasteiger partial charge in [-0.1, -0.05) is 53.5 Å². The third-order valence-corrected chi connectivity index (χ3v) is 4.95. The first-order valence-electron chi connectivity index (χ1n) is 9.07. The summed E-state index contributed by atoms with van der Waals surface area (Å²) in [7, 11) is 2.05. The molecule has 0 bridgehead atoms. The van der Waals surface area contributed by atoms with Crippen molar-refractivity contribution in [3.63, 3.8) is 0 Å². The van der Waals surface area contributed by atoms with Crippen molar-refractivity contribution in [1.82, 2.24) is 15.0 Å². The molecule has 6 heteroatoms. The number of rotatable bonds is 6. The number of likely N-dealkylation sites (N-methyl/N-ethyl adjacent to an activating group) is 1. The largest absolute Gasteiger partial charge is 0.390 e. The Labute approximate surface area is 147 Å². The SMILES string of the molecule is CN(Cc1noc(C2CCCC2)n1)C[C@H]1CC(c2ccccc2)=NO1. The van der Waals surface area contributed by atoms with E-state index in [0.29, 0.717) is 12.5 Å². The normalized spacial score (nSPS) is 20.9. The summed E-state index contributed by atoms with van der Waals surface area (Å²) in [6.07, 6.45) is 5.78. The van der Waals surface area contributed by atoms with E-state index in [9.17, 15) is 0 Å². The molecule has 6 nitrogen and oxygen atoms in total. The van der Waals surface area contributed by atoms with Gasteiger partial charge in [-0.05, 0) is 25.5 Å². The van der Waals surface area contributed by atoms with Gasteiger partial charge < -0.3 is 9.36 Å². The van der Waals surface area contributed by atoms with Crippen LogP contribution in [0.3, 0.4) is 0 Å². The Morgan fingerprint density at radius 2 is 1.96 bits per heavy atom. The zero-order chi connectivity index (χ0) is 17.1. The number of aromatic nitrogens is 2. The summed E-state index contributed by atoms with van der Waals surface area (Å²) < 4.78 is 5.45. The van der Waals surface area contributed by atoms with Crippen molar-refractivity contribution < 1.29 is 9.36 Å². The Hall–Kier alpha value is -2.21. The Kier molecular flexibility index (Phi) is 4.78. The Morgan fingerprint density at radius 1 is 1.16 bits per heavy atom. The van der Waals surface area contributed by atoms with E-state index in [-0.39, 0.29) is 6.10 Å². The minimum atomic E-state index is 0.0707. The average molecular weight is 340 g/mol. The van der Waals surface area contributed by atoms with Crippen molar-refractivity contribution in [1.29, 1.82) is 0 Å². The van der Waals surface area contributed by atoms with E-state index >= 15 is 0 Å². The van der Waals surface area contributed by atoms with Crippen LogP contribution in [0.4, 0.5) is 0 Å². The summed E-state index contributed by atoms with van der Waals surface area (Å²) >= 11 is 0.